The van der Waals surface area contributed by atoms with Gasteiger partial charge in [0.25, 0.3) is 0 Å². The van der Waals surface area contributed by atoms with Gasteiger partial charge in [0.2, 0.25) is 0 Å². The van der Waals surface area contributed by atoms with Gasteiger partial charge in [-0.15, -0.1) is 0 Å². The molecule has 0 spiro atoms. The molecule has 1 unspecified atom stereocenters. The zero-order chi connectivity index (χ0) is 13.4. The lowest BCUT2D eigenvalue weighted by molar-refractivity contribution is 0.296. The predicted molar refractivity (Wildman–Crippen MR) is 79.5 cm³/mol. The van der Waals surface area contributed by atoms with E-state index in [2.05, 4.69) is 28.2 Å². The van der Waals surface area contributed by atoms with Crippen LogP contribution in [-0.4, -0.2) is 29.8 Å². The van der Waals surface area contributed by atoms with Gasteiger partial charge >= 0.3 is 0 Å². The van der Waals surface area contributed by atoms with E-state index >= 15 is 0 Å². The van der Waals surface area contributed by atoms with Crippen molar-refractivity contribution in [1.82, 2.24) is 5.32 Å². The van der Waals surface area contributed by atoms with Gasteiger partial charge in [-0.2, -0.15) is 11.8 Å². The Labute approximate surface area is 120 Å². The van der Waals surface area contributed by atoms with Crippen molar-refractivity contribution in [3.05, 3.63) is 34.1 Å². The van der Waals surface area contributed by atoms with E-state index < -0.39 is 0 Å². The van der Waals surface area contributed by atoms with Gasteiger partial charge in [0.1, 0.15) is 5.82 Å². The number of rotatable bonds is 8. The molecule has 1 aromatic carbocycles. The van der Waals surface area contributed by atoms with E-state index in [-0.39, 0.29) is 18.5 Å². The summed E-state index contributed by atoms with van der Waals surface area (Å²) >= 11 is 5.21. The second kappa shape index (κ2) is 8.91. The summed E-state index contributed by atoms with van der Waals surface area (Å²) < 4.78 is 13.8. The number of thioether (sulfide) groups is 1. The van der Waals surface area contributed by atoms with Crippen LogP contribution >= 0.6 is 27.7 Å². The van der Waals surface area contributed by atoms with Crippen molar-refractivity contribution in [1.29, 1.82) is 0 Å². The van der Waals surface area contributed by atoms with Crippen molar-refractivity contribution in [3.8, 4) is 0 Å². The topological polar surface area (TPSA) is 32.3 Å². The largest absolute Gasteiger partial charge is 0.396 e. The second-order valence-corrected chi connectivity index (χ2v) is 6.11. The average molecular weight is 336 g/mol. The molecule has 2 nitrogen and oxygen atoms in total. The average Bonchev–Trinajstić information content (AvgIpc) is 2.33. The van der Waals surface area contributed by atoms with E-state index in [0.29, 0.717) is 0 Å². The molecule has 0 bridgehead atoms. The van der Waals surface area contributed by atoms with E-state index in [4.69, 9.17) is 5.11 Å². The molecule has 0 radical (unpaired) electrons. The fraction of sp³-hybridized carbons (Fsp3) is 0.538. The summed E-state index contributed by atoms with van der Waals surface area (Å²) in [6, 6.07) is 4.96. The lowest BCUT2D eigenvalue weighted by atomic mass is 10.1. The summed E-state index contributed by atoms with van der Waals surface area (Å²) in [6.45, 7) is 3.23. The zero-order valence-electron chi connectivity index (χ0n) is 10.5. The molecule has 0 aromatic heterocycles. The molecule has 2 N–H and O–H groups in total. The molecule has 0 aliphatic heterocycles. The van der Waals surface area contributed by atoms with Crippen molar-refractivity contribution >= 4 is 27.7 Å². The van der Waals surface area contributed by atoms with Crippen molar-refractivity contribution < 1.29 is 9.50 Å². The number of aliphatic hydroxyl groups is 1. The Morgan fingerprint density at radius 1 is 1.44 bits per heavy atom. The minimum absolute atomic E-state index is 0.193. The van der Waals surface area contributed by atoms with Crippen molar-refractivity contribution in [3.63, 3.8) is 0 Å². The molecular weight excluding hydrogens is 317 g/mol. The predicted octanol–water partition coefficient (Wildman–Crippen LogP) is 3.35. The van der Waals surface area contributed by atoms with Gasteiger partial charge in [-0.05, 0) is 36.8 Å². The highest BCUT2D eigenvalue weighted by Gasteiger charge is 2.09. The van der Waals surface area contributed by atoms with Crippen LogP contribution in [0.3, 0.4) is 0 Å². The number of benzene rings is 1. The highest BCUT2D eigenvalue weighted by Crippen LogP contribution is 2.24. The summed E-state index contributed by atoms with van der Waals surface area (Å²) in [5.41, 5.74) is 1.07. The quantitative estimate of drug-likeness (QED) is 0.714. The van der Waals surface area contributed by atoms with Crippen LogP contribution in [0.5, 0.6) is 0 Å². The summed E-state index contributed by atoms with van der Waals surface area (Å²) in [5.74, 6) is 1.79. The fourth-order valence-corrected chi connectivity index (χ4v) is 3.07. The summed E-state index contributed by atoms with van der Waals surface area (Å²) in [5, 5.41) is 12.0. The Balaban J connectivity index is 2.29. The van der Waals surface area contributed by atoms with Crippen LogP contribution in [0.1, 0.15) is 24.9 Å². The first kappa shape index (κ1) is 16.0. The summed E-state index contributed by atoms with van der Waals surface area (Å²) in [7, 11) is 0. The third-order valence-corrected chi connectivity index (χ3v) is 4.33. The van der Waals surface area contributed by atoms with Gasteiger partial charge in [0, 0.05) is 29.4 Å². The van der Waals surface area contributed by atoms with Gasteiger partial charge in [-0.3, -0.25) is 0 Å². The van der Waals surface area contributed by atoms with Crippen LogP contribution in [-0.2, 0) is 0 Å². The molecule has 18 heavy (non-hydrogen) atoms. The van der Waals surface area contributed by atoms with Gasteiger partial charge in [0.15, 0.2) is 0 Å². The van der Waals surface area contributed by atoms with Gasteiger partial charge in [-0.25, -0.2) is 4.39 Å². The van der Waals surface area contributed by atoms with Crippen LogP contribution in [0, 0.1) is 5.82 Å². The number of aliphatic hydroxyl groups excluding tert-OH is 1. The maximum atomic E-state index is 13.0. The Hall–Kier alpha value is -0.100. The molecule has 1 aromatic rings. The number of hydrogen-bond donors (Lipinski definition) is 2. The summed E-state index contributed by atoms with van der Waals surface area (Å²) in [4.78, 5) is 0. The second-order valence-electron chi connectivity index (χ2n) is 4.03. The first-order valence-electron chi connectivity index (χ1n) is 6.02. The van der Waals surface area contributed by atoms with Crippen molar-refractivity contribution in [2.24, 2.45) is 0 Å². The summed E-state index contributed by atoms with van der Waals surface area (Å²) in [6.07, 6.45) is 0.851. The molecule has 0 saturated heterocycles. The van der Waals surface area contributed by atoms with Crippen LogP contribution in [0.15, 0.2) is 22.7 Å². The third kappa shape index (κ3) is 5.69. The SMILES string of the molecule is CC(NCCSCCCO)c1ccc(F)cc1Br. The molecule has 5 heteroatoms. The standard InChI is InChI=1S/C13H19BrFNOS/c1-10(16-5-8-18-7-2-6-17)12-4-3-11(15)9-13(12)14/h3-4,9-10,16-17H,2,5-8H2,1H3. The molecule has 0 aliphatic carbocycles. The first-order valence-corrected chi connectivity index (χ1v) is 7.97. The van der Waals surface area contributed by atoms with E-state index in [1.54, 1.807) is 6.07 Å². The van der Waals surface area contributed by atoms with Crippen molar-refractivity contribution in [2.75, 3.05) is 24.7 Å². The van der Waals surface area contributed by atoms with Gasteiger partial charge in [-0.1, -0.05) is 22.0 Å². The number of halogens is 2. The van der Waals surface area contributed by atoms with Crippen LogP contribution in [0.2, 0.25) is 0 Å². The number of hydrogen-bond acceptors (Lipinski definition) is 3. The third-order valence-electron chi connectivity index (χ3n) is 2.57. The minimum Gasteiger partial charge on any atom is -0.396 e. The Morgan fingerprint density at radius 3 is 2.89 bits per heavy atom. The molecule has 102 valence electrons. The Bertz CT molecular complexity index is 365. The Kier molecular flexibility index (Phi) is 7.90. The van der Waals surface area contributed by atoms with Crippen molar-refractivity contribution in [2.45, 2.75) is 19.4 Å². The minimum atomic E-state index is -0.225. The molecular formula is C13H19BrFNOS. The molecule has 0 fully saturated rings. The molecule has 1 rings (SSSR count). The van der Waals surface area contributed by atoms with E-state index in [1.165, 1.54) is 12.1 Å². The molecule has 0 saturated carbocycles. The molecule has 0 aliphatic rings. The van der Waals surface area contributed by atoms with Crippen LogP contribution < -0.4 is 5.32 Å². The number of nitrogens with one attached hydrogen (secondary N) is 1. The first-order chi connectivity index (χ1) is 8.65. The normalized spacial score (nSPS) is 12.7. The maximum absolute atomic E-state index is 13.0. The van der Waals surface area contributed by atoms with E-state index in [0.717, 1.165) is 34.5 Å². The lowest BCUT2D eigenvalue weighted by Crippen LogP contribution is -2.21. The smallest absolute Gasteiger partial charge is 0.124 e. The lowest BCUT2D eigenvalue weighted by Gasteiger charge is -2.15. The highest BCUT2D eigenvalue weighted by molar-refractivity contribution is 9.10. The molecule has 0 heterocycles. The van der Waals surface area contributed by atoms with Crippen LogP contribution in [0.25, 0.3) is 0 Å². The van der Waals surface area contributed by atoms with E-state index in [9.17, 15) is 4.39 Å². The van der Waals surface area contributed by atoms with Gasteiger partial charge < -0.3 is 10.4 Å². The monoisotopic (exact) mass is 335 g/mol. The van der Waals surface area contributed by atoms with E-state index in [1.807, 2.05) is 11.8 Å². The Morgan fingerprint density at radius 2 is 2.22 bits per heavy atom. The maximum Gasteiger partial charge on any atom is 0.124 e. The molecule has 1 atom stereocenters. The fourth-order valence-electron chi connectivity index (χ4n) is 1.58. The molecule has 0 amide bonds. The highest BCUT2D eigenvalue weighted by atomic mass is 79.9. The zero-order valence-corrected chi connectivity index (χ0v) is 12.9. The van der Waals surface area contributed by atoms with Crippen LogP contribution in [0.4, 0.5) is 4.39 Å². The van der Waals surface area contributed by atoms with Gasteiger partial charge in [0.05, 0.1) is 0 Å².